The lowest BCUT2D eigenvalue weighted by Gasteiger charge is -2.56. The lowest BCUT2D eigenvalue weighted by Crippen LogP contribution is -2.61. The van der Waals surface area contributed by atoms with Crippen LogP contribution in [0, 0.1) is 11.3 Å². The largest absolute Gasteiger partial charge is 0.388 e. The summed E-state index contributed by atoms with van der Waals surface area (Å²) >= 11 is 0. The number of rotatable bonds is 2. The van der Waals surface area contributed by atoms with E-state index in [1.54, 1.807) is 0 Å². The maximum atomic E-state index is 11.2. The SMILES string of the molecule is CN(C)[C@H]1C[C@@]23CC[C@@]4(O2)C(=CC[C@]2(C)[C@@H](c5ccc6ccncc6c5)CC[C@H]24)C=C3[C@@H](O)C1O. The molecule has 1 aromatic carbocycles. The van der Waals surface area contributed by atoms with Gasteiger partial charge in [-0.1, -0.05) is 31.2 Å². The Labute approximate surface area is 207 Å². The van der Waals surface area contributed by atoms with Crippen LogP contribution in [0.1, 0.15) is 56.9 Å². The Bertz CT molecular complexity index is 1270. The Hall–Kier alpha value is -2.05. The van der Waals surface area contributed by atoms with Gasteiger partial charge in [0.05, 0.1) is 17.3 Å². The van der Waals surface area contributed by atoms with Gasteiger partial charge in [-0.3, -0.25) is 4.98 Å². The summed E-state index contributed by atoms with van der Waals surface area (Å²) in [6.45, 7) is 2.49. The van der Waals surface area contributed by atoms with Crippen LogP contribution < -0.4 is 0 Å². The maximum absolute atomic E-state index is 11.2. The Kier molecular flexibility index (Phi) is 4.60. The Balaban J connectivity index is 1.29. The highest BCUT2D eigenvalue weighted by atomic mass is 16.5. The van der Waals surface area contributed by atoms with Gasteiger partial charge < -0.3 is 19.8 Å². The van der Waals surface area contributed by atoms with Crippen LogP contribution in [-0.2, 0) is 4.74 Å². The number of aliphatic hydroxyl groups is 2. The van der Waals surface area contributed by atoms with Crippen LogP contribution in [0.15, 0.2) is 60.0 Å². The first-order valence-electron chi connectivity index (χ1n) is 13.3. The predicted molar refractivity (Wildman–Crippen MR) is 136 cm³/mol. The van der Waals surface area contributed by atoms with Crippen molar-refractivity contribution in [3.05, 3.63) is 65.5 Å². The minimum absolute atomic E-state index is 0.111. The minimum atomic E-state index is -0.871. The molecule has 5 aliphatic rings. The summed E-state index contributed by atoms with van der Waals surface area (Å²) in [5.41, 5.74) is 2.97. The molecule has 184 valence electrons. The van der Waals surface area contributed by atoms with Crippen molar-refractivity contribution in [1.82, 2.24) is 9.88 Å². The fourth-order valence-corrected chi connectivity index (χ4v) is 8.79. The van der Waals surface area contributed by atoms with Crippen molar-refractivity contribution in [3.63, 3.8) is 0 Å². The number of hydrogen-bond donors (Lipinski definition) is 2. The predicted octanol–water partition coefficient (Wildman–Crippen LogP) is 4.35. The van der Waals surface area contributed by atoms with Crippen molar-refractivity contribution in [3.8, 4) is 0 Å². The van der Waals surface area contributed by atoms with Crippen molar-refractivity contribution in [2.24, 2.45) is 11.3 Å². The van der Waals surface area contributed by atoms with Crippen molar-refractivity contribution in [2.75, 3.05) is 14.1 Å². The van der Waals surface area contributed by atoms with Crippen LogP contribution >= 0.6 is 0 Å². The van der Waals surface area contributed by atoms with Crippen LogP contribution in [0.25, 0.3) is 10.8 Å². The minimum Gasteiger partial charge on any atom is -0.388 e. The normalized spacial score (nSPS) is 44.0. The van der Waals surface area contributed by atoms with Crippen LogP contribution in [-0.4, -0.2) is 63.6 Å². The molecule has 3 heterocycles. The average molecular weight is 473 g/mol. The van der Waals surface area contributed by atoms with Gasteiger partial charge >= 0.3 is 0 Å². The molecule has 2 spiro atoms. The first-order valence-corrected chi connectivity index (χ1v) is 13.3. The Morgan fingerprint density at radius 3 is 2.77 bits per heavy atom. The van der Waals surface area contributed by atoms with Crippen molar-refractivity contribution >= 4 is 10.8 Å². The molecule has 0 amide bonds. The highest BCUT2D eigenvalue weighted by Gasteiger charge is 2.68. The van der Waals surface area contributed by atoms with E-state index in [9.17, 15) is 10.2 Å². The summed E-state index contributed by atoms with van der Waals surface area (Å²) < 4.78 is 7.27. The molecule has 2 aliphatic heterocycles. The third-order valence-electron chi connectivity index (χ3n) is 10.6. The number of pyridine rings is 1. The van der Waals surface area contributed by atoms with Gasteiger partial charge in [0.2, 0.25) is 0 Å². The zero-order chi connectivity index (χ0) is 24.2. The van der Waals surface area contributed by atoms with E-state index >= 15 is 0 Å². The number of benzene rings is 1. The number of aromatic nitrogens is 1. The van der Waals surface area contributed by atoms with E-state index in [1.165, 1.54) is 28.3 Å². The molecular formula is C30H36N2O3. The van der Waals surface area contributed by atoms with Gasteiger partial charge in [0.1, 0.15) is 6.10 Å². The Morgan fingerprint density at radius 1 is 1.09 bits per heavy atom. The van der Waals surface area contributed by atoms with Gasteiger partial charge in [0.15, 0.2) is 0 Å². The second-order valence-electron chi connectivity index (χ2n) is 12.3. The van der Waals surface area contributed by atoms with Gasteiger partial charge in [0.25, 0.3) is 0 Å². The molecule has 3 fully saturated rings. The molecule has 2 bridgehead atoms. The molecule has 2 saturated carbocycles. The molecule has 2 aromatic rings. The number of fused-ring (bicyclic) bond motifs is 2. The average Bonchev–Trinajstić information content (AvgIpc) is 3.37. The third kappa shape index (κ3) is 2.81. The molecule has 0 radical (unpaired) electrons. The van der Waals surface area contributed by atoms with Crippen LogP contribution in [0.3, 0.4) is 0 Å². The van der Waals surface area contributed by atoms with E-state index in [1.807, 2.05) is 31.4 Å². The van der Waals surface area contributed by atoms with Crippen molar-refractivity contribution in [1.29, 1.82) is 0 Å². The molecule has 1 aromatic heterocycles. The lowest BCUT2D eigenvalue weighted by molar-refractivity contribution is -0.165. The summed E-state index contributed by atoms with van der Waals surface area (Å²) in [5, 5.41) is 24.5. The van der Waals surface area contributed by atoms with Crippen molar-refractivity contribution < 1.29 is 14.9 Å². The molecule has 1 saturated heterocycles. The fraction of sp³-hybridized carbons (Fsp3) is 0.567. The summed E-state index contributed by atoms with van der Waals surface area (Å²) in [6, 6.07) is 8.90. The fourth-order valence-electron chi connectivity index (χ4n) is 8.79. The zero-order valence-corrected chi connectivity index (χ0v) is 20.9. The Morgan fingerprint density at radius 2 is 1.94 bits per heavy atom. The summed E-state index contributed by atoms with van der Waals surface area (Å²) in [6.07, 6.45) is 12.8. The topological polar surface area (TPSA) is 65.8 Å². The van der Waals surface area contributed by atoms with E-state index in [0.717, 1.165) is 37.7 Å². The summed E-state index contributed by atoms with van der Waals surface area (Å²) in [5.74, 6) is 0.937. The maximum Gasteiger partial charge on any atom is 0.105 e. The van der Waals surface area contributed by atoms with Crippen LogP contribution in [0.4, 0.5) is 0 Å². The second-order valence-corrected chi connectivity index (χ2v) is 12.3. The van der Waals surface area contributed by atoms with Gasteiger partial charge in [-0.15, -0.1) is 0 Å². The van der Waals surface area contributed by atoms with E-state index < -0.39 is 17.8 Å². The molecule has 8 atom stereocenters. The van der Waals surface area contributed by atoms with E-state index in [-0.39, 0.29) is 17.1 Å². The van der Waals surface area contributed by atoms with Gasteiger partial charge in [-0.05, 0) is 104 Å². The molecular weight excluding hydrogens is 436 g/mol. The number of aliphatic hydroxyl groups excluding tert-OH is 2. The summed E-state index contributed by atoms with van der Waals surface area (Å²) in [4.78, 5) is 6.40. The number of hydrogen-bond acceptors (Lipinski definition) is 5. The molecule has 1 unspecified atom stereocenters. The van der Waals surface area contributed by atoms with Crippen LogP contribution in [0.2, 0.25) is 0 Å². The number of ether oxygens (including phenoxy) is 1. The molecule has 7 rings (SSSR count). The zero-order valence-electron chi connectivity index (χ0n) is 20.9. The molecule has 3 aliphatic carbocycles. The summed E-state index contributed by atoms with van der Waals surface area (Å²) in [7, 11) is 3.98. The third-order valence-corrected chi connectivity index (χ3v) is 10.6. The first kappa shape index (κ1) is 22.2. The quantitative estimate of drug-likeness (QED) is 0.680. The highest BCUT2D eigenvalue weighted by Crippen LogP contribution is 2.69. The number of allylic oxidation sites excluding steroid dienone is 1. The van der Waals surface area contributed by atoms with E-state index in [0.29, 0.717) is 11.8 Å². The number of likely N-dealkylation sites (N-methyl/N-ethyl adjacent to an activating group) is 1. The van der Waals surface area contributed by atoms with Crippen molar-refractivity contribution in [2.45, 2.75) is 80.8 Å². The standard InChI is InChI=1S/C30H36N2O3/c1-28-10-8-21-15-23-26(33)27(34)24(32(2)3)16-29(23)11-12-30(21,35-29)25(28)7-6-22(28)19-5-4-18-9-13-31-17-20(18)14-19/h4-5,8-9,13-15,17,22,24-27,33-34H,6-7,10-12,16H2,1-3H3/t22-,24+,25-,26-,27?,28-,29-,30-/m1/s1. The van der Waals surface area contributed by atoms with E-state index in [2.05, 4.69) is 48.3 Å². The molecule has 5 nitrogen and oxygen atoms in total. The number of nitrogens with zero attached hydrogens (tertiary/aromatic N) is 2. The molecule has 5 heteroatoms. The molecule has 2 N–H and O–H groups in total. The lowest BCUT2D eigenvalue weighted by atomic mass is 9.58. The highest BCUT2D eigenvalue weighted by molar-refractivity contribution is 5.82. The monoisotopic (exact) mass is 472 g/mol. The van der Waals surface area contributed by atoms with Gasteiger partial charge in [-0.25, -0.2) is 0 Å². The van der Waals surface area contributed by atoms with E-state index in [4.69, 9.17) is 4.74 Å². The van der Waals surface area contributed by atoms with Gasteiger partial charge in [-0.2, -0.15) is 0 Å². The van der Waals surface area contributed by atoms with Gasteiger partial charge in [0, 0.05) is 23.8 Å². The second kappa shape index (κ2) is 7.25. The first-order chi connectivity index (χ1) is 16.8. The smallest absolute Gasteiger partial charge is 0.105 e. The van der Waals surface area contributed by atoms with Crippen LogP contribution in [0.5, 0.6) is 0 Å². The molecule has 35 heavy (non-hydrogen) atoms.